The molecule has 2 aliphatic heterocycles. The summed E-state index contributed by atoms with van der Waals surface area (Å²) in [6, 6.07) is 1.16. The van der Waals surface area contributed by atoms with Gasteiger partial charge in [0, 0.05) is 15.7 Å². The lowest BCUT2D eigenvalue weighted by molar-refractivity contribution is -0.137. The van der Waals surface area contributed by atoms with Crippen LogP contribution in [0, 0.1) is 17.6 Å². The summed E-state index contributed by atoms with van der Waals surface area (Å²) in [6.45, 7) is 0. The summed E-state index contributed by atoms with van der Waals surface area (Å²) < 4.78 is 70.2. The van der Waals surface area contributed by atoms with E-state index in [0.717, 1.165) is 24.4 Å². The highest BCUT2D eigenvalue weighted by atomic mass is 127. The van der Waals surface area contributed by atoms with Crippen molar-refractivity contribution in [2.24, 2.45) is 5.92 Å². The van der Waals surface area contributed by atoms with Crippen molar-refractivity contribution in [3.8, 4) is 0 Å². The number of pyridine rings is 1. The van der Waals surface area contributed by atoms with Gasteiger partial charge in [-0.15, -0.1) is 20.7 Å². The van der Waals surface area contributed by atoms with E-state index in [4.69, 9.17) is 11.6 Å². The number of halogens is 7. The van der Waals surface area contributed by atoms with Gasteiger partial charge >= 0.3 is 6.18 Å². The van der Waals surface area contributed by atoms with E-state index >= 15 is 0 Å². The molecule has 1 saturated carbocycles. The molecule has 186 valence electrons. The lowest BCUT2D eigenvalue weighted by Crippen LogP contribution is -2.51. The molecule has 12 heteroatoms. The van der Waals surface area contributed by atoms with Gasteiger partial charge in [-0.2, -0.15) is 13.2 Å². The zero-order chi connectivity index (χ0) is 25.1. The number of nitrogens with zero attached hydrogens (tertiary/aromatic N) is 2. The number of benzene rings is 1. The summed E-state index contributed by atoms with van der Waals surface area (Å²) in [4.78, 5) is 31.7. The van der Waals surface area contributed by atoms with Crippen LogP contribution < -0.4 is 5.32 Å². The quantitative estimate of drug-likeness (QED) is 0.219. The van der Waals surface area contributed by atoms with Gasteiger partial charge in [-0.3, -0.25) is 14.6 Å². The fraction of sp³-hybridized carbons (Fsp3) is 0.391. The maximum absolute atomic E-state index is 14.6. The Morgan fingerprint density at radius 2 is 1.91 bits per heavy atom. The zero-order valence-corrected chi connectivity index (χ0v) is 20.7. The van der Waals surface area contributed by atoms with E-state index in [1.54, 1.807) is 0 Å². The maximum Gasteiger partial charge on any atom is 0.416 e. The summed E-state index contributed by atoms with van der Waals surface area (Å²) in [6.07, 6.45) is -1.95. The van der Waals surface area contributed by atoms with Crippen molar-refractivity contribution in [3.63, 3.8) is 0 Å². The average Bonchev–Trinajstić information content (AvgIpc) is 3.59. The van der Waals surface area contributed by atoms with Gasteiger partial charge in [0.15, 0.2) is 0 Å². The molecule has 2 aromatic rings. The molecule has 1 N–H and O–H groups in total. The van der Waals surface area contributed by atoms with Crippen LogP contribution in [0.3, 0.4) is 0 Å². The van der Waals surface area contributed by atoms with E-state index in [0.29, 0.717) is 25.3 Å². The normalized spacial score (nSPS) is 24.3. The van der Waals surface area contributed by atoms with Crippen LogP contribution in [0.4, 0.5) is 22.0 Å². The third-order valence-corrected chi connectivity index (χ3v) is 10.1. The molecule has 3 aliphatic rings. The van der Waals surface area contributed by atoms with Crippen molar-refractivity contribution in [1.29, 1.82) is 0 Å². The van der Waals surface area contributed by atoms with Crippen molar-refractivity contribution < 1.29 is 31.5 Å². The molecule has 5 nitrogen and oxygen atoms in total. The molecule has 0 bridgehead atoms. The van der Waals surface area contributed by atoms with Gasteiger partial charge in [0.1, 0.15) is 23.4 Å². The second-order valence-corrected chi connectivity index (χ2v) is 12.2. The van der Waals surface area contributed by atoms with Crippen LogP contribution in [0.25, 0.3) is 0 Å². The standard InChI is InChI=1S/C23H18ClF5IN3O2/c24-13-7-14(25)12(6-15(13)26)20(10-1-2-10)32-21(34)18-8-16-19(9-30-16)33(18)22(35)17-5-11(3-4-31-17)23(27,28)29/h3-7,9-10,16,18-20H,1-2,8H2,(H,32,34)/t16-,18-,19-,20-/m1/s1. The number of amides is 2. The Morgan fingerprint density at radius 1 is 1.17 bits per heavy atom. The van der Waals surface area contributed by atoms with E-state index < -0.39 is 53.0 Å². The molecule has 1 aromatic heterocycles. The van der Waals surface area contributed by atoms with Gasteiger partial charge in [0.05, 0.1) is 22.7 Å². The Kier molecular flexibility index (Phi) is 6.35. The highest BCUT2D eigenvalue weighted by Gasteiger charge is 2.50. The number of aromatic nitrogens is 1. The Bertz CT molecular complexity index is 1240. The Labute approximate surface area is 211 Å². The molecule has 5 rings (SSSR count). The van der Waals surface area contributed by atoms with Crippen LogP contribution in [-0.4, -0.2) is 41.7 Å². The summed E-state index contributed by atoms with van der Waals surface area (Å²) in [5, 5.41) is 2.41. The first-order chi connectivity index (χ1) is 16.5. The summed E-state index contributed by atoms with van der Waals surface area (Å²) in [5.41, 5.74) is -1.44. The molecule has 3 heterocycles. The van der Waals surface area contributed by atoms with Crippen molar-refractivity contribution in [2.45, 2.75) is 47.5 Å². The SMILES string of the molecule is O=C(N[C@@H](c1cc(F)c(Cl)cc1F)C1CC1)[C@H]1C[C@H]2I=C[C@H]2N1C(=O)c1cc(C(F)(F)F)ccn1. The second-order valence-electron chi connectivity index (χ2n) is 8.76. The highest BCUT2D eigenvalue weighted by Crippen LogP contribution is 2.44. The van der Waals surface area contributed by atoms with Gasteiger partial charge in [-0.25, -0.2) is 8.78 Å². The number of hydrogen-bond donors (Lipinski definition) is 1. The smallest absolute Gasteiger partial charge is 0.347 e. The summed E-state index contributed by atoms with van der Waals surface area (Å²) in [5.74, 6) is -2.98. The van der Waals surface area contributed by atoms with Gasteiger partial charge in [0.2, 0.25) is 5.91 Å². The Morgan fingerprint density at radius 3 is 2.54 bits per heavy atom. The van der Waals surface area contributed by atoms with Crippen molar-refractivity contribution in [3.05, 3.63) is 63.9 Å². The van der Waals surface area contributed by atoms with Crippen LogP contribution >= 0.6 is 32.3 Å². The molecule has 1 aliphatic carbocycles. The number of carbonyl (C=O) groups excluding carboxylic acids is 2. The van der Waals surface area contributed by atoms with Crippen molar-refractivity contribution in [1.82, 2.24) is 15.2 Å². The Hall–Kier alpha value is -2.15. The number of nitrogens with one attached hydrogen (secondary N) is 1. The second kappa shape index (κ2) is 9.06. The van der Waals surface area contributed by atoms with Gasteiger partial charge in [-0.05, 0) is 53.5 Å². The van der Waals surface area contributed by atoms with Crippen LogP contribution in [0.2, 0.25) is 5.02 Å². The number of alkyl halides is 4. The summed E-state index contributed by atoms with van der Waals surface area (Å²) in [7, 11) is 0. The first-order valence-corrected chi connectivity index (χ1v) is 13.7. The van der Waals surface area contributed by atoms with Crippen LogP contribution in [0.15, 0.2) is 30.5 Å². The molecule has 2 fully saturated rings. The predicted molar refractivity (Wildman–Crippen MR) is 126 cm³/mol. The molecule has 35 heavy (non-hydrogen) atoms. The average molecular weight is 626 g/mol. The van der Waals surface area contributed by atoms with Crippen LogP contribution in [-0.2, 0) is 11.0 Å². The number of rotatable bonds is 5. The fourth-order valence-corrected chi connectivity index (χ4v) is 7.46. The van der Waals surface area contributed by atoms with E-state index in [-0.39, 0.29) is 47.2 Å². The molecular weight excluding hydrogens is 608 g/mol. The number of likely N-dealkylation sites (tertiary alicyclic amines) is 1. The van der Waals surface area contributed by atoms with Gasteiger partial charge in [0.25, 0.3) is 5.91 Å². The van der Waals surface area contributed by atoms with E-state index in [1.165, 1.54) is 4.90 Å². The van der Waals surface area contributed by atoms with E-state index in [9.17, 15) is 31.5 Å². The molecule has 1 aromatic carbocycles. The minimum absolute atomic E-state index is 0.0277. The fourth-order valence-electron chi connectivity index (χ4n) is 4.47. The molecule has 0 unspecified atom stereocenters. The Balaban J connectivity index is 1.41. The van der Waals surface area contributed by atoms with Crippen LogP contribution in [0.1, 0.15) is 46.9 Å². The van der Waals surface area contributed by atoms with E-state index in [2.05, 4.69) is 10.3 Å². The van der Waals surface area contributed by atoms with Gasteiger partial charge in [-0.1, -0.05) is 11.6 Å². The third kappa shape index (κ3) is 4.68. The van der Waals surface area contributed by atoms with Gasteiger partial charge < -0.3 is 10.2 Å². The number of fused-ring (bicyclic) bond motifs is 1. The topological polar surface area (TPSA) is 62.3 Å². The largest absolute Gasteiger partial charge is 0.416 e. The molecule has 1 saturated heterocycles. The zero-order valence-electron chi connectivity index (χ0n) is 17.8. The van der Waals surface area contributed by atoms with E-state index in [1.807, 2.05) is 4.01 Å². The summed E-state index contributed by atoms with van der Waals surface area (Å²) >= 11 is 5.31. The lowest BCUT2D eigenvalue weighted by atomic mass is 10.0. The monoisotopic (exact) mass is 625 g/mol. The van der Waals surface area contributed by atoms with Crippen LogP contribution in [0.5, 0.6) is 0 Å². The predicted octanol–water partition coefficient (Wildman–Crippen LogP) is 5.04. The molecule has 0 spiro atoms. The first-order valence-electron chi connectivity index (χ1n) is 10.8. The first kappa shape index (κ1) is 24.5. The van der Waals surface area contributed by atoms with Crippen molar-refractivity contribution >= 4 is 48.2 Å². The highest BCUT2D eigenvalue weighted by molar-refractivity contribution is 14.2. The molecule has 0 radical (unpaired) electrons. The maximum atomic E-state index is 14.6. The van der Waals surface area contributed by atoms with Crippen molar-refractivity contribution in [2.75, 3.05) is 0 Å². The third-order valence-electron chi connectivity index (χ3n) is 6.45. The minimum atomic E-state index is -4.65. The number of carbonyl (C=O) groups is 2. The molecule has 4 atom stereocenters. The minimum Gasteiger partial charge on any atom is -0.347 e. The molecular formula is C23H18ClF5IN3O2. The molecule has 2 amide bonds. The number of hydrogen-bond acceptors (Lipinski definition) is 3. The lowest BCUT2D eigenvalue weighted by Gasteiger charge is -2.32.